The summed E-state index contributed by atoms with van der Waals surface area (Å²) in [5.41, 5.74) is 2.89. The molecule has 0 unspecified atom stereocenters. The molecule has 0 saturated carbocycles. The molecule has 2 heterocycles. The minimum atomic E-state index is -0.268. The van der Waals surface area contributed by atoms with Crippen LogP contribution >= 0.6 is 0 Å². The number of amides is 1. The number of H-pyrrole nitrogens is 1. The van der Waals surface area contributed by atoms with Gasteiger partial charge in [-0.25, -0.2) is 4.39 Å². The van der Waals surface area contributed by atoms with Gasteiger partial charge in [-0.1, -0.05) is 18.6 Å². The highest BCUT2D eigenvalue weighted by molar-refractivity contribution is 5.92. The average Bonchev–Trinajstić information content (AvgIpc) is 3.22. The van der Waals surface area contributed by atoms with Crippen LogP contribution in [0.5, 0.6) is 0 Å². The van der Waals surface area contributed by atoms with E-state index in [4.69, 9.17) is 0 Å². The van der Waals surface area contributed by atoms with Crippen LogP contribution in [0.4, 0.5) is 10.2 Å². The third-order valence-corrected chi connectivity index (χ3v) is 4.87. The van der Waals surface area contributed by atoms with E-state index in [1.807, 2.05) is 31.1 Å². The predicted octanol–water partition coefficient (Wildman–Crippen LogP) is 3.56. The van der Waals surface area contributed by atoms with Crippen molar-refractivity contribution in [3.8, 4) is 11.3 Å². The molecule has 30 heavy (non-hydrogen) atoms. The summed E-state index contributed by atoms with van der Waals surface area (Å²) in [5.74, 6) is 0.324. The summed E-state index contributed by atoms with van der Waals surface area (Å²) in [6, 6.07) is 11.9. The Kier molecular flexibility index (Phi) is 7.11. The number of aromatic amines is 1. The van der Waals surface area contributed by atoms with E-state index in [-0.39, 0.29) is 11.7 Å². The summed E-state index contributed by atoms with van der Waals surface area (Å²) in [5, 5.41) is 15.4. The number of anilines is 1. The van der Waals surface area contributed by atoms with Gasteiger partial charge in [-0.2, -0.15) is 5.10 Å². The maximum Gasteiger partial charge on any atom is 0.274 e. The van der Waals surface area contributed by atoms with Gasteiger partial charge in [-0.3, -0.25) is 9.89 Å². The summed E-state index contributed by atoms with van der Waals surface area (Å²) < 4.78 is 13.4. The third-order valence-electron chi connectivity index (χ3n) is 4.87. The molecule has 0 saturated heterocycles. The van der Waals surface area contributed by atoms with Crippen molar-refractivity contribution < 1.29 is 9.18 Å². The van der Waals surface area contributed by atoms with Crippen molar-refractivity contribution in [3.05, 3.63) is 59.7 Å². The molecule has 3 rings (SSSR count). The van der Waals surface area contributed by atoms with Gasteiger partial charge in [-0.15, -0.1) is 10.2 Å². The number of carbonyl (C=O) groups is 1. The van der Waals surface area contributed by atoms with Crippen LogP contribution in [-0.2, 0) is 6.42 Å². The Labute approximate surface area is 175 Å². The fourth-order valence-electron chi connectivity index (χ4n) is 3.10. The van der Waals surface area contributed by atoms with E-state index < -0.39 is 0 Å². The fraction of sp³-hybridized carbons (Fsp3) is 0.364. The lowest BCUT2D eigenvalue weighted by molar-refractivity contribution is 0.0785. The van der Waals surface area contributed by atoms with Gasteiger partial charge in [0, 0.05) is 38.9 Å². The van der Waals surface area contributed by atoms with Gasteiger partial charge in [0.2, 0.25) is 0 Å². The van der Waals surface area contributed by atoms with Crippen molar-refractivity contribution in [1.82, 2.24) is 25.3 Å². The van der Waals surface area contributed by atoms with Gasteiger partial charge >= 0.3 is 0 Å². The van der Waals surface area contributed by atoms with Gasteiger partial charge in [0.15, 0.2) is 11.5 Å². The molecule has 158 valence electrons. The molecule has 0 aliphatic heterocycles. The first kappa shape index (κ1) is 21.4. The number of unbranched alkanes of at least 4 members (excludes halogenated alkanes) is 2. The summed E-state index contributed by atoms with van der Waals surface area (Å²) in [7, 11) is 5.54. The monoisotopic (exact) mass is 410 g/mol. The lowest BCUT2D eigenvalue weighted by Crippen LogP contribution is -2.29. The molecular weight excluding hydrogens is 383 g/mol. The SMILES string of the molecule is CN(CCCCCc1cc(-c2cccc(F)c2)n[nH]1)C(=O)c1ccc(N(C)C)nn1. The maximum atomic E-state index is 13.4. The molecule has 1 N–H and O–H groups in total. The number of carbonyl (C=O) groups excluding carboxylic acids is 1. The smallest absolute Gasteiger partial charge is 0.274 e. The molecule has 8 heteroatoms. The maximum absolute atomic E-state index is 13.4. The Morgan fingerprint density at radius 2 is 1.87 bits per heavy atom. The fourth-order valence-corrected chi connectivity index (χ4v) is 3.10. The van der Waals surface area contributed by atoms with Gasteiger partial charge in [0.05, 0.1) is 5.69 Å². The zero-order chi connectivity index (χ0) is 21.5. The van der Waals surface area contributed by atoms with Crippen LogP contribution in [0.2, 0.25) is 0 Å². The van der Waals surface area contributed by atoms with Gasteiger partial charge in [0.1, 0.15) is 5.82 Å². The minimum absolute atomic E-state index is 0.124. The van der Waals surface area contributed by atoms with E-state index in [1.54, 1.807) is 30.1 Å². The number of hydrogen-bond acceptors (Lipinski definition) is 5. The van der Waals surface area contributed by atoms with Crippen LogP contribution in [0.25, 0.3) is 11.3 Å². The zero-order valence-corrected chi connectivity index (χ0v) is 17.6. The topological polar surface area (TPSA) is 78.0 Å². The van der Waals surface area contributed by atoms with Gasteiger partial charge in [-0.05, 0) is 49.6 Å². The molecule has 0 atom stereocenters. The number of aromatic nitrogens is 4. The van der Waals surface area contributed by atoms with Crippen LogP contribution in [0.3, 0.4) is 0 Å². The number of halogens is 1. The first-order chi connectivity index (χ1) is 14.4. The van der Waals surface area contributed by atoms with E-state index in [9.17, 15) is 9.18 Å². The highest BCUT2D eigenvalue weighted by atomic mass is 19.1. The highest BCUT2D eigenvalue weighted by Gasteiger charge is 2.14. The summed E-state index contributed by atoms with van der Waals surface area (Å²) in [6.45, 7) is 0.660. The normalized spacial score (nSPS) is 10.8. The van der Waals surface area contributed by atoms with E-state index in [2.05, 4.69) is 20.4 Å². The molecule has 0 bridgehead atoms. The molecule has 1 amide bonds. The number of rotatable bonds is 9. The van der Waals surface area contributed by atoms with Crippen molar-refractivity contribution >= 4 is 11.7 Å². The summed E-state index contributed by atoms with van der Waals surface area (Å²) in [4.78, 5) is 16.0. The highest BCUT2D eigenvalue weighted by Crippen LogP contribution is 2.19. The second-order valence-corrected chi connectivity index (χ2v) is 7.50. The molecule has 1 aromatic carbocycles. The second-order valence-electron chi connectivity index (χ2n) is 7.50. The molecule has 0 aliphatic carbocycles. The minimum Gasteiger partial charge on any atom is -0.361 e. The Morgan fingerprint density at radius 1 is 1.03 bits per heavy atom. The molecule has 0 aliphatic rings. The van der Waals surface area contributed by atoms with Crippen LogP contribution < -0.4 is 4.90 Å². The molecule has 0 fully saturated rings. The van der Waals surface area contributed by atoms with Crippen molar-refractivity contribution in [2.75, 3.05) is 32.6 Å². The molecule has 3 aromatic rings. The quantitative estimate of drug-likeness (QED) is 0.546. The largest absolute Gasteiger partial charge is 0.361 e. The standard InChI is InChI=1S/C22H27FN6O/c1-28(2)21-12-11-19(25-27-21)22(30)29(3)13-6-4-5-10-18-15-20(26-24-18)16-8-7-9-17(23)14-16/h7-9,11-12,14-15H,4-6,10,13H2,1-3H3,(H,24,26). The van der Waals surface area contributed by atoms with Crippen molar-refractivity contribution in [2.45, 2.75) is 25.7 Å². The van der Waals surface area contributed by atoms with Crippen molar-refractivity contribution in [2.24, 2.45) is 0 Å². The molecule has 0 radical (unpaired) electrons. The Morgan fingerprint density at radius 3 is 2.57 bits per heavy atom. The first-order valence-electron chi connectivity index (χ1n) is 10.0. The van der Waals surface area contributed by atoms with Crippen LogP contribution in [0.15, 0.2) is 42.5 Å². The Balaban J connectivity index is 1.40. The average molecular weight is 410 g/mol. The lowest BCUT2D eigenvalue weighted by Gasteiger charge is -2.17. The van der Waals surface area contributed by atoms with Crippen LogP contribution in [-0.4, -0.2) is 58.9 Å². The van der Waals surface area contributed by atoms with E-state index in [0.717, 1.165) is 42.6 Å². The number of nitrogens with one attached hydrogen (secondary N) is 1. The number of aryl methyl sites for hydroxylation is 1. The zero-order valence-electron chi connectivity index (χ0n) is 17.6. The Bertz CT molecular complexity index is 970. The van der Waals surface area contributed by atoms with Gasteiger partial charge < -0.3 is 9.80 Å². The molecule has 0 spiro atoms. The first-order valence-corrected chi connectivity index (χ1v) is 10.0. The number of hydrogen-bond donors (Lipinski definition) is 1. The van der Waals surface area contributed by atoms with Crippen molar-refractivity contribution in [1.29, 1.82) is 0 Å². The third kappa shape index (κ3) is 5.62. The summed E-state index contributed by atoms with van der Waals surface area (Å²) >= 11 is 0. The van der Waals surface area contributed by atoms with E-state index in [0.29, 0.717) is 18.1 Å². The van der Waals surface area contributed by atoms with Gasteiger partial charge in [0.25, 0.3) is 5.91 Å². The van der Waals surface area contributed by atoms with Crippen LogP contribution in [0.1, 0.15) is 35.4 Å². The van der Waals surface area contributed by atoms with E-state index >= 15 is 0 Å². The number of nitrogens with zero attached hydrogens (tertiary/aromatic N) is 5. The number of benzene rings is 1. The lowest BCUT2D eigenvalue weighted by atomic mass is 10.1. The second kappa shape index (κ2) is 9.96. The Hall–Kier alpha value is -3.29. The van der Waals surface area contributed by atoms with Crippen LogP contribution in [0, 0.1) is 5.82 Å². The molecule has 2 aromatic heterocycles. The summed E-state index contributed by atoms with van der Waals surface area (Å²) in [6.07, 6.45) is 3.72. The molecule has 7 nitrogen and oxygen atoms in total. The van der Waals surface area contributed by atoms with E-state index in [1.165, 1.54) is 12.1 Å². The predicted molar refractivity (Wildman–Crippen MR) is 115 cm³/mol. The van der Waals surface area contributed by atoms with Crippen molar-refractivity contribution in [3.63, 3.8) is 0 Å². The molecular formula is C22H27FN6O.